The van der Waals surface area contributed by atoms with Gasteiger partial charge < -0.3 is 14.6 Å². The van der Waals surface area contributed by atoms with Gasteiger partial charge in [-0.2, -0.15) is 0 Å². The van der Waals surface area contributed by atoms with Crippen molar-refractivity contribution in [3.8, 4) is 11.5 Å². The van der Waals surface area contributed by atoms with Crippen LogP contribution in [0, 0.1) is 0 Å². The molecule has 1 fully saturated rings. The number of benzene rings is 2. The van der Waals surface area contributed by atoms with E-state index in [-0.39, 0.29) is 16.7 Å². The molecule has 40 heavy (non-hydrogen) atoms. The van der Waals surface area contributed by atoms with Gasteiger partial charge in [-0.25, -0.2) is 4.98 Å². The number of Topliss-reactive ketones (excluding diaryl/α,β-unsaturated/α-hetero) is 1. The molecule has 0 spiro atoms. The Morgan fingerprint density at radius 1 is 1.05 bits per heavy atom. The van der Waals surface area contributed by atoms with Crippen molar-refractivity contribution in [2.45, 2.75) is 46.1 Å². The molecule has 3 heterocycles. The molecule has 0 saturated carbocycles. The number of anilines is 1. The van der Waals surface area contributed by atoms with E-state index < -0.39 is 17.7 Å². The Hall–Kier alpha value is -4.24. The number of rotatable bonds is 7. The molecule has 1 N–H and O–H groups in total. The number of ether oxygens (including phenoxy) is 2. The van der Waals surface area contributed by atoms with Crippen LogP contribution in [0.4, 0.5) is 5.13 Å². The van der Waals surface area contributed by atoms with E-state index in [9.17, 15) is 14.7 Å². The molecule has 206 valence electrons. The molecule has 8 nitrogen and oxygen atoms in total. The number of pyridine rings is 1. The number of nitrogens with zero attached hydrogens (tertiary/aromatic N) is 3. The van der Waals surface area contributed by atoms with E-state index in [1.165, 1.54) is 16.2 Å². The maximum absolute atomic E-state index is 13.6. The predicted octanol–water partition coefficient (Wildman–Crippen LogP) is 6.41. The topological polar surface area (TPSA) is 102 Å². The number of hydrogen-bond acceptors (Lipinski definition) is 8. The molecule has 1 unspecified atom stereocenters. The standard InChI is InChI=1S/C31H31N3O5S/c1-6-38-20-11-12-22-24(16-20)40-30(33-22)34-26(19-9-8-14-32-17-19)25(28(36)29(34)37)27(35)18-10-13-23(39-7-2)21(15-18)31(3,4)5/h8-17,26,35H,6-7H2,1-5H3/b27-25+. The zero-order valence-electron chi connectivity index (χ0n) is 23.1. The second-order valence-corrected chi connectivity index (χ2v) is 11.4. The number of amides is 1. The molecular formula is C31H31N3O5S. The fourth-order valence-electron chi connectivity index (χ4n) is 4.84. The first-order valence-corrected chi connectivity index (χ1v) is 14.0. The van der Waals surface area contributed by atoms with Gasteiger partial charge in [-0.3, -0.25) is 19.5 Å². The molecule has 4 aromatic rings. The van der Waals surface area contributed by atoms with Gasteiger partial charge in [0.05, 0.1) is 35.0 Å². The van der Waals surface area contributed by atoms with Gasteiger partial charge in [-0.05, 0) is 67.3 Å². The highest BCUT2D eigenvalue weighted by molar-refractivity contribution is 7.22. The molecule has 1 amide bonds. The summed E-state index contributed by atoms with van der Waals surface area (Å²) in [7, 11) is 0. The zero-order valence-corrected chi connectivity index (χ0v) is 23.9. The average molecular weight is 558 g/mol. The normalized spacial score (nSPS) is 17.0. The molecule has 1 aliphatic heterocycles. The highest BCUT2D eigenvalue weighted by Crippen LogP contribution is 2.45. The van der Waals surface area contributed by atoms with Crippen LogP contribution in [0.25, 0.3) is 16.0 Å². The Bertz CT molecular complexity index is 1620. The van der Waals surface area contributed by atoms with Gasteiger partial charge in [0.25, 0.3) is 5.78 Å². The SMILES string of the molecule is CCOc1ccc2nc(N3C(=O)C(=O)/C(=C(/O)c4ccc(OCC)c(C(C)(C)C)c4)C3c3cccnc3)sc2c1. The van der Waals surface area contributed by atoms with Gasteiger partial charge in [0.2, 0.25) is 0 Å². The van der Waals surface area contributed by atoms with E-state index in [4.69, 9.17) is 9.47 Å². The third kappa shape index (κ3) is 4.93. The summed E-state index contributed by atoms with van der Waals surface area (Å²) in [5.41, 5.74) is 2.25. The van der Waals surface area contributed by atoms with E-state index >= 15 is 0 Å². The van der Waals surface area contributed by atoms with Crippen molar-refractivity contribution in [2.24, 2.45) is 0 Å². The average Bonchev–Trinajstić information content (AvgIpc) is 3.46. The Balaban J connectivity index is 1.68. The molecule has 2 aromatic heterocycles. The molecule has 0 radical (unpaired) electrons. The number of carbonyl (C=O) groups excluding carboxylic acids is 2. The van der Waals surface area contributed by atoms with Crippen molar-refractivity contribution in [1.29, 1.82) is 0 Å². The molecular weight excluding hydrogens is 526 g/mol. The van der Waals surface area contributed by atoms with Crippen LogP contribution in [0.3, 0.4) is 0 Å². The molecule has 9 heteroatoms. The Kier molecular flexibility index (Phi) is 7.33. The number of thiazole rings is 1. The van der Waals surface area contributed by atoms with Crippen LogP contribution < -0.4 is 14.4 Å². The summed E-state index contributed by atoms with van der Waals surface area (Å²) in [4.78, 5) is 37.4. The summed E-state index contributed by atoms with van der Waals surface area (Å²) in [6.07, 6.45) is 3.21. The van der Waals surface area contributed by atoms with E-state index in [0.717, 1.165) is 10.3 Å². The van der Waals surface area contributed by atoms with Crippen LogP contribution in [0.5, 0.6) is 11.5 Å². The molecule has 1 atom stereocenters. The first-order chi connectivity index (χ1) is 19.1. The Morgan fingerprint density at radius 3 is 2.50 bits per heavy atom. The maximum Gasteiger partial charge on any atom is 0.301 e. The number of aliphatic hydroxyl groups is 1. The quantitative estimate of drug-likeness (QED) is 0.159. The van der Waals surface area contributed by atoms with Crippen LogP contribution in [0.2, 0.25) is 0 Å². The first kappa shape index (κ1) is 27.3. The van der Waals surface area contributed by atoms with Crippen molar-refractivity contribution < 1.29 is 24.2 Å². The number of fused-ring (bicyclic) bond motifs is 1. The van der Waals surface area contributed by atoms with Gasteiger partial charge in [-0.15, -0.1) is 0 Å². The van der Waals surface area contributed by atoms with E-state index in [0.29, 0.717) is 46.5 Å². The lowest BCUT2D eigenvalue weighted by molar-refractivity contribution is -0.132. The summed E-state index contributed by atoms with van der Waals surface area (Å²) in [6, 6.07) is 13.4. The monoisotopic (exact) mass is 557 g/mol. The van der Waals surface area contributed by atoms with E-state index in [1.807, 2.05) is 58.9 Å². The lowest BCUT2D eigenvalue weighted by Gasteiger charge is -2.24. The maximum atomic E-state index is 13.6. The Labute approximate surface area is 236 Å². The molecule has 2 aromatic carbocycles. The van der Waals surface area contributed by atoms with Crippen molar-refractivity contribution in [1.82, 2.24) is 9.97 Å². The van der Waals surface area contributed by atoms with Crippen molar-refractivity contribution >= 4 is 44.1 Å². The number of hydrogen-bond donors (Lipinski definition) is 1. The molecule has 0 aliphatic carbocycles. The van der Waals surface area contributed by atoms with E-state index in [1.54, 1.807) is 36.7 Å². The minimum absolute atomic E-state index is 0.0173. The zero-order chi connectivity index (χ0) is 28.6. The highest BCUT2D eigenvalue weighted by Gasteiger charge is 2.48. The highest BCUT2D eigenvalue weighted by atomic mass is 32.1. The third-order valence-electron chi connectivity index (χ3n) is 6.67. The molecule has 1 aliphatic rings. The lowest BCUT2D eigenvalue weighted by atomic mass is 9.84. The second kappa shape index (κ2) is 10.7. The van der Waals surface area contributed by atoms with Crippen LogP contribution in [-0.4, -0.2) is 40.0 Å². The summed E-state index contributed by atoms with van der Waals surface area (Å²) in [5, 5.41) is 12.0. The van der Waals surface area contributed by atoms with Crippen LogP contribution in [-0.2, 0) is 15.0 Å². The van der Waals surface area contributed by atoms with Gasteiger partial charge in [0.15, 0.2) is 5.13 Å². The number of ketones is 1. The third-order valence-corrected chi connectivity index (χ3v) is 7.69. The van der Waals surface area contributed by atoms with E-state index in [2.05, 4.69) is 9.97 Å². The van der Waals surface area contributed by atoms with Gasteiger partial charge >= 0.3 is 5.91 Å². The molecule has 5 rings (SSSR count). The first-order valence-electron chi connectivity index (χ1n) is 13.2. The predicted molar refractivity (Wildman–Crippen MR) is 156 cm³/mol. The number of aliphatic hydroxyl groups excluding tert-OH is 1. The van der Waals surface area contributed by atoms with Crippen molar-refractivity contribution in [3.05, 3.63) is 83.2 Å². The minimum Gasteiger partial charge on any atom is -0.507 e. The van der Waals surface area contributed by atoms with Crippen molar-refractivity contribution in [3.63, 3.8) is 0 Å². The van der Waals surface area contributed by atoms with Crippen molar-refractivity contribution in [2.75, 3.05) is 18.1 Å². The van der Waals surface area contributed by atoms with Crippen LogP contribution in [0.15, 0.2) is 66.5 Å². The number of aromatic nitrogens is 2. The smallest absolute Gasteiger partial charge is 0.301 e. The van der Waals surface area contributed by atoms with Gasteiger partial charge in [-0.1, -0.05) is 38.2 Å². The lowest BCUT2D eigenvalue weighted by Crippen LogP contribution is -2.29. The summed E-state index contributed by atoms with van der Waals surface area (Å²) in [5.74, 6) is -0.408. The summed E-state index contributed by atoms with van der Waals surface area (Å²) in [6.45, 7) is 11.0. The van der Waals surface area contributed by atoms with Gasteiger partial charge in [0.1, 0.15) is 17.3 Å². The summed E-state index contributed by atoms with van der Waals surface area (Å²) >= 11 is 1.28. The largest absolute Gasteiger partial charge is 0.507 e. The van der Waals surface area contributed by atoms with Gasteiger partial charge in [0, 0.05) is 23.5 Å². The number of carbonyl (C=O) groups is 2. The molecule has 0 bridgehead atoms. The fourth-order valence-corrected chi connectivity index (χ4v) is 5.86. The fraction of sp³-hybridized carbons (Fsp3) is 0.290. The Morgan fingerprint density at radius 2 is 1.82 bits per heavy atom. The summed E-state index contributed by atoms with van der Waals surface area (Å²) < 4.78 is 12.3. The second-order valence-electron chi connectivity index (χ2n) is 10.4. The van der Waals surface area contributed by atoms with Crippen LogP contribution >= 0.6 is 11.3 Å². The van der Waals surface area contributed by atoms with Crippen LogP contribution in [0.1, 0.15) is 57.4 Å². The molecule has 1 saturated heterocycles. The minimum atomic E-state index is -0.912.